The molecule has 5 nitrogen and oxygen atoms in total. The minimum atomic E-state index is 0.631. The van der Waals surface area contributed by atoms with Crippen molar-refractivity contribution in [2.24, 2.45) is 0 Å². The van der Waals surface area contributed by atoms with E-state index in [4.69, 9.17) is 4.98 Å². The van der Waals surface area contributed by atoms with Crippen LogP contribution in [0, 0.1) is 18.3 Å². The number of hydrogen-bond donors (Lipinski definition) is 1. The minimum absolute atomic E-state index is 0.631. The molecule has 0 saturated heterocycles. The maximum Gasteiger partial charge on any atom is 0.157 e. The van der Waals surface area contributed by atoms with E-state index in [1.807, 2.05) is 49.4 Å². The average Bonchev–Trinajstić information content (AvgIpc) is 3.13. The summed E-state index contributed by atoms with van der Waals surface area (Å²) in [5, 5.41) is 14.5. The highest BCUT2D eigenvalue weighted by molar-refractivity contribution is 5.88. The molecule has 5 rings (SSSR count). The van der Waals surface area contributed by atoms with Crippen LogP contribution < -0.4 is 5.32 Å². The molecule has 0 radical (unpaired) electrons. The van der Waals surface area contributed by atoms with Gasteiger partial charge in [-0.1, -0.05) is 25.1 Å². The fourth-order valence-electron chi connectivity index (χ4n) is 4.04. The van der Waals surface area contributed by atoms with Gasteiger partial charge in [0.2, 0.25) is 0 Å². The monoisotopic (exact) mass is 377 g/mol. The van der Waals surface area contributed by atoms with Crippen molar-refractivity contribution >= 4 is 39.1 Å². The maximum atomic E-state index is 9.83. The van der Waals surface area contributed by atoms with Gasteiger partial charge in [0.05, 0.1) is 22.1 Å². The Bertz CT molecular complexity index is 1440. The van der Waals surface area contributed by atoms with Crippen LogP contribution in [0.15, 0.2) is 60.8 Å². The number of rotatable bonds is 3. The Morgan fingerprint density at radius 1 is 1.07 bits per heavy atom. The number of fused-ring (bicyclic) bond motifs is 4. The Morgan fingerprint density at radius 2 is 1.93 bits per heavy atom. The number of aromatic nitrogens is 3. The molecule has 0 unspecified atom stereocenters. The molecule has 0 fully saturated rings. The lowest BCUT2D eigenvalue weighted by Gasteiger charge is -2.18. The summed E-state index contributed by atoms with van der Waals surface area (Å²) in [5.74, 6) is 0.955. The van der Waals surface area contributed by atoms with Gasteiger partial charge < -0.3 is 5.32 Å². The molecular formula is C24H19N5. The fraction of sp³-hybridized carbons (Fsp3) is 0.125. The van der Waals surface area contributed by atoms with Gasteiger partial charge in [-0.25, -0.2) is 4.98 Å². The SMILES string of the molecule is CCc1c(C)c(C#N)c2nc3ccccc3n2c1Nc1ccc2ncccc2c1. The third-order valence-electron chi connectivity index (χ3n) is 5.45. The second-order valence-electron chi connectivity index (χ2n) is 7.09. The van der Waals surface area contributed by atoms with Crippen molar-refractivity contribution in [2.75, 3.05) is 5.32 Å². The average molecular weight is 377 g/mol. The molecule has 0 aliphatic carbocycles. The number of hydrogen-bond acceptors (Lipinski definition) is 4. The molecule has 2 aromatic carbocycles. The minimum Gasteiger partial charge on any atom is -0.341 e. The van der Waals surface area contributed by atoms with E-state index in [-0.39, 0.29) is 0 Å². The van der Waals surface area contributed by atoms with Crippen molar-refractivity contribution < 1.29 is 0 Å². The first kappa shape index (κ1) is 17.2. The quantitative estimate of drug-likeness (QED) is 0.449. The van der Waals surface area contributed by atoms with Crippen LogP contribution in [0.25, 0.3) is 27.6 Å². The van der Waals surface area contributed by atoms with E-state index in [9.17, 15) is 5.26 Å². The Kier molecular flexibility index (Phi) is 3.92. The smallest absolute Gasteiger partial charge is 0.157 e. The summed E-state index contributed by atoms with van der Waals surface area (Å²) in [6, 6.07) is 20.5. The van der Waals surface area contributed by atoms with Crippen molar-refractivity contribution in [3.05, 3.63) is 77.5 Å². The van der Waals surface area contributed by atoms with Crippen LogP contribution in [0.2, 0.25) is 0 Å². The van der Waals surface area contributed by atoms with Crippen molar-refractivity contribution in [1.82, 2.24) is 14.4 Å². The zero-order chi connectivity index (χ0) is 20.0. The number of para-hydroxylation sites is 2. The summed E-state index contributed by atoms with van der Waals surface area (Å²) in [4.78, 5) is 9.17. The lowest BCUT2D eigenvalue weighted by atomic mass is 10.0. The number of nitriles is 1. The van der Waals surface area contributed by atoms with E-state index in [0.29, 0.717) is 11.2 Å². The highest BCUT2D eigenvalue weighted by Crippen LogP contribution is 2.33. The number of anilines is 2. The molecular weight excluding hydrogens is 358 g/mol. The van der Waals surface area contributed by atoms with Gasteiger partial charge in [0.1, 0.15) is 11.9 Å². The molecule has 140 valence electrons. The van der Waals surface area contributed by atoms with Crippen LogP contribution in [0.3, 0.4) is 0 Å². The van der Waals surface area contributed by atoms with Crippen molar-refractivity contribution in [3.8, 4) is 6.07 Å². The van der Waals surface area contributed by atoms with Crippen molar-refractivity contribution in [2.45, 2.75) is 20.3 Å². The van der Waals surface area contributed by atoms with E-state index >= 15 is 0 Å². The lowest BCUT2D eigenvalue weighted by molar-refractivity contribution is 1.05. The highest BCUT2D eigenvalue weighted by Gasteiger charge is 2.20. The predicted octanol–water partition coefficient (Wildman–Crippen LogP) is 5.52. The van der Waals surface area contributed by atoms with Gasteiger partial charge in [-0.3, -0.25) is 9.38 Å². The summed E-state index contributed by atoms with van der Waals surface area (Å²) in [6.07, 6.45) is 2.61. The van der Waals surface area contributed by atoms with Gasteiger partial charge in [0.15, 0.2) is 5.65 Å². The number of benzene rings is 2. The standard InChI is InChI=1S/C24H19N5/c1-3-18-15(2)19(14-25)24-28-21-8-4-5-9-22(21)29(24)23(18)27-17-10-11-20-16(13-17)7-6-12-26-20/h4-13,27H,3H2,1-2H3. The molecule has 0 atom stereocenters. The summed E-state index contributed by atoms with van der Waals surface area (Å²) in [7, 11) is 0. The van der Waals surface area contributed by atoms with Crippen LogP contribution in [-0.2, 0) is 6.42 Å². The fourth-order valence-corrected chi connectivity index (χ4v) is 4.04. The molecule has 0 saturated carbocycles. The molecule has 5 heteroatoms. The molecule has 0 spiro atoms. The Balaban J connectivity index is 1.82. The van der Waals surface area contributed by atoms with E-state index in [1.165, 1.54) is 0 Å². The molecule has 5 aromatic rings. The molecule has 3 aromatic heterocycles. The second kappa shape index (κ2) is 6.61. The van der Waals surface area contributed by atoms with Crippen molar-refractivity contribution in [1.29, 1.82) is 5.26 Å². The molecule has 0 bridgehead atoms. The molecule has 0 aliphatic rings. The summed E-state index contributed by atoms with van der Waals surface area (Å²) in [6.45, 7) is 4.12. The van der Waals surface area contributed by atoms with Crippen LogP contribution in [-0.4, -0.2) is 14.4 Å². The second-order valence-corrected chi connectivity index (χ2v) is 7.09. The Labute approximate surface area is 168 Å². The highest BCUT2D eigenvalue weighted by atomic mass is 15.1. The number of nitrogens with zero attached hydrogens (tertiary/aromatic N) is 4. The summed E-state index contributed by atoms with van der Waals surface area (Å²) < 4.78 is 2.08. The number of pyridine rings is 2. The van der Waals surface area contributed by atoms with Gasteiger partial charge in [-0.15, -0.1) is 0 Å². The first-order chi connectivity index (χ1) is 14.2. The van der Waals surface area contributed by atoms with E-state index in [1.54, 1.807) is 6.20 Å². The maximum absolute atomic E-state index is 9.83. The Hall–Kier alpha value is -3.91. The first-order valence-electron chi connectivity index (χ1n) is 9.65. The van der Waals surface area contributed by atoms with Gasteiger partial charge in [-0.05, 0) is 60.9 Å². The van der Waals surface area contributed by atoms with Gasteiger partial charge in [0, 0.05) is 17.3 Å². The zero-order valence-electron chi connectivity index (χ0n) is 16.3. The van der Waals surface area contributed by atoms with Gasteiger partial charge in [-0.2, -0.15) is 5.26 Å². The predicted molar refractivity (Wildman–Crippen MR) is 117 cm³/mol. The largest absolute Gasteiger partial charge is 0.341 e. The van der Waals surface area contributed by atoms with Crippen LogP contribution in [0.4, 0.5) is 11.5 Å². The third kappa shape index (κ3) is 2.61. The topological polar surface area (TPSA) is 66.0 Å². The van der Waals surface area contributed by atoms with Crippen LogP contribution in [0.5, 0.6) is 0 Å². The number of nitrogens with one attached hydrogen (secondary N) is 1. The molecule has 3 heterocycles. The Morgan fingerprint density at radius 3 is 2.76 bits per heavy atom. The summed E-state index contributed by atoms with van der Waals surface area (Å²) >= 11 is 0. The van der Waals surface area contributed by atoms with E-state index in [2.05, 4.69) is 39.8 Å². The third-order valence-corrected chi connectivity index (χ3v) is 5.45. The number of imidazole rings is 1. The lowest BCUT2D eigenvalue weighted by Crippen LogP contribution is -2.07. The molecule has 1 N–H and O–H groups in total. The summed E-state index contributed by atoms with van der Waals surface area (Å²) in [5.41, 5.74) is 7.21. The normalized spacial score (nSPS) is 11.2. The zero-order valence-corrected chi connectivity index (χ0v) is 16.3. The van der Waals surface area contributed by atoms with Crippen LogP contribution >= 0.6 is 0 Å². The van der Waals surface area contributed by atoms with Crippen molar-refractivity contribution in [3.63, 3.8) is 0 Å². The first-order valence-corrected chi connectivity index (χ1v) is 9.65. The van der Waals surface area contributed by atoms with E-state index in [0.717, 1.165) is 51.0 Å². The van der Waals surface area contributed by atoms with Gasteiger partial charge >= 0.3 is 0 Å². The van der Waals surface area contributed by atoms with Gasteiger partial charge in [0.25, 0.3) is 0 Å². The van der Waals surface area contributed by atoms with Crippen LogP contribution in [0.1, 0.15) is 23.6 Å². The van der Waals surface area contributed by atoms with E-state index < -0.39 is 0 Å². The molecule has 0 amide bonds. The molecule has 29 heavy (non-hydrogen) atoms. The molecule has 0 aliphatic heterocycles.